The van der Waals surface area contributed by atoms with Crippen molar-refractivity contribution in [2.75, 3.05) is 13.1 Å². The second kappa shape index (κ2) is 5.76. The molecule has 1 aliphatic heterocycles. The van der Waals surface area contributed by atoms with E-state index in [0.717, 1.165) is 17.6 Å². The highest BCUT2D eigenvalue weighted by atomic mass is 16.6. The summed E-state index contributed by atoms with van der Waals surface area (Å²) in [5, 5.41) is 0. The van der Waals surface area contributed by atoms with Gasteiger partial charge in [-0.3, -0.25) is 4.79 Å². The van der Waals surface area contributed by atoms with E-state index in [0.29, 0.717) is 13.1 Å². The van der Waals surface area contributed by atoms with E-state index in [1.54, 1.807) is 34.8 Å². The third kappa shape index (κ3) is 3.97. The highest BCUT2D eigenvalue weighted by Gasteiger charge is 2.24. The lowest BCUT2D eigenvalue weighted by Crippen LogP contribution is -2.39. The first-order valence-electron chi connectivity index (χ1n) is 7.10. The number of ether oxygens (including phenoxy) is 1. The van der Waals surface area contributed by atoms with Gasteiger partial charge in [-0.25, -0.2) is 4.79 Å². The Hall–Kier alpha value is -2.04. The van der Waals surface area contributed by atoms with Gasteiger partial charge in [-0.15, -0.1) is 0 Å². The molecule has 0 spiro atoms. The third-order valence-electron chi connectivity index (χ3n) is 3.26. The lowest BCUT2D eigenvalue weighted by Gasteiger charge is -2.30. The van der Waals surface area contributed by atoms with Crippen LogP contribution in [0.2, 0.25) is 0 Å². The smallest absolute Gasteiger partial charge is 0.410 e. The third-order valence-corrected chi connectivity index (χ3v) is 3.26. The van der Waals surface area contributed by atoms with Crippen LogP contribution >= 0.6 is 0 Å². The van der Waals surface area contributed by atoms with E-state index in [1.165, 1.54) is 0 Å². The first-order chi connectivity index (χ1) is 9.76. The number of aryl methyl sites for hydroxylation is 1. The molecule has 5 heteroatoms. The molecule has 0 aromatic carbocycles. The van der Waals surface area contributed by atoms with Crippen LogP contribution < -0.4 is 5.56 Å². The molecule has 1 aliphatic rings. The van der Waals surface area contributed by atoms with Crippen LogP contribution in [-0.2, 0) is 11.8 Å². The Morgan fingerprint density at radius 1 is 1.29 bits per heavy atom. The summed E-state index contributed by atoms with van der Waals surface area (Å²) in [6, 6.07) is 3.34. The molecule has 0 atom stereocenters. The number of amides is 1. The Labute approximate surface area is 124 Å². The molecule has 1 amide bonds. The van der Waals surface area contributed by atoms with Crippen LogP contribution in [0.4, 0.5) is 4.79 Å². The predicted molar refractivity (Wildman–Crippen MR) is 82.1 cm³/mol. The Bertz CT molecular complexity index is 623. The van der Waals surface area contributed by atoms with Crippen LogP contribution in [0.1, 0.15) is 32.8 Å². The minimum atomic E-state index is -0.491. The number of hydrogen-bond donors (Lipinski definition) is 0. The maximum Gasteiger partial charge on any atom is 0.410 e. The average molecular weight is 290 g/mol. The summed E-state index contributed by atoms with van der Waals surface area (Å²) < 4.78 is 6.95. The molecule has 21 heavy (non-hydrogen) atoms. The molecule has 0 saturated carbocycles. The van der Waals surface area contributed by atoms with E-state index >= 15 is 0 Å². The first-order valence-corrected chi connectivity index (χ1v) is 7.10. The molecule has 0 unspecified atom stereocenters. The van der Waals surface area contributed by atoms with Gasteiger partial charge in [-0.2, -0.15) is 0 Å². The normalized spacial score (nSPS) is 15.6. The quantitative estimate of drug-likeness (QED) is 0.798. The molecule has 2 heterocycles. The van der Waals surface area contributed by atoms with Crippen molar-refractivity contribution in [2.45, 2.75) is 32.8 Å². The Morgan fingerprint density at radius 3 is 2.62 bits per heavy atom. The van der Waals surface area contributed by atoms with E-state index in [9.17, 15) is 9.59 Å². The van der Waals surface area contributed by atoms with Crippen molar-refractivity contribution in [2.24, 2.45) is 7.05 Å². The zero-order chi connectivity index (χ0) is 15.6. The monoisotopic (exact) mass is 290 g/mol. The summed E-state index contributed by atoms with van der Waals surface area (Å²) in [4.78, 5) is 25.3. The number of rotatable bonds is 1. The molecule has 5 nitrogen and oxygen atoms in total. The van der Waals surface area contributed by atoms with Gasteiger partial charge in [0.1, 0.15) is 5.60 Å². The molecule has 1 aromatic rings. The number of carbonyl (C=O) groups is 1. The van der Waals surface area contributed by atoms with Crippen LogP contribution in [0.3, 0.4) is 0 Å². The maximum absolute atomic E-state index is 12.1. The van der Waals surface area contributed by atoms with Crippen LogP contribution in [0.25, 0.3) is 5.57 Å². The number of aromatic nitrogens is 1. The standard InChI is InChI=1S/C16H22N2O3/c1-16(2,3)21-15(20)18-9-5-6-12(11-18)13-7-8-14(19)17(4)10-13/h6-8,10H,5,9,11H2,1-4H3. The molecule has 114 valence electrons. The van der Waals surface area contributed by atoms with E-state index in [4.69, 9.17) is 4.74 Å². The highest BCUT2D eigenvalue weighted by molar-refractivity contribution is 5.75. The molecular weight excluding hydrogens is 268 g/mol. The Balaban J connectivity index is 2.13. The van der Waals surface area contributed by atoms with Gasteiger partial charge < -0.3 is 14.2 Å². The van der Waals surface area contributed by atoms with Gasteiger partial charge in [-0.05, 0) is 44.4 Å². The van der Waals surface area contributed by atoms with E-state index in [2.05, 4.69) is 6.08 Å². The van der Waals surface area contributed by atoms with E-state index in [1.807, 2.05) is 20.8 Å². The van der Waals surface area contributed by atoms with Crippen molar-refractivity contribution >= 4 is 11.7 Å². The summed E-state index contributed by atoms with van der Waals surface area (Å²) >= 11 is 0. The van der Waals surface area contributed by atoms with Crippen LogP contribution in [0, 0.1) is 0 Å². The van der Waals surface area contributed by atoms with E-state index in [-0.39, 0.29) is 11.7 Å². The van der Waals surface area contributed by atoms with Gasteiger partial charge in [0.2, 0.25) is 5.56 Å². The van der Waals surface area contributed by atoms with E-state index < -0.39 is 5.60 Å². The van der Waals surface area contributed by atoms with Gasteiger partial charge in [0.05, 0.1) is 0 Å². The van der Waals surface area contributed by atoms with Gasteiger partial charge in [-0.1, -0.05) is 6.08 Å². The molecule has 0 saturated heterocycles. The average Bonchev–Trinajstić information content (AvgIpc) is 2.40. The second-order valence-electron chi connectivity index (χ2n) is 6.29. The topological polar surface area (TPSA) is 51.5 Å². The van der Waals surface area contributed by atoms with Crippen molar-refractivity contribution in [3.63, 3.8) is 0 Å². The number of carbonyl (C=O) groups excluding carboxylic acids is 1. The van der Waals surface area contributed by atoms with Crippen LogP contribution in [-0.4, -0.2) is 34.3 Å². The first kappa shape index (κ1) is 15.4. The van der Waals surface area contributed by atoms with Gasteiger partial charge >= 0.3 is 6.09 Å². The Morgan fingerprint density at radius 2 is 2.00 bits per heavy atom. The van der Waals surface area contributed by atoms with Gasteiger partial charge in [0.15, 0.2) is 0 Å². The minimum Gasteiger partial charge on any atom is -0.444 e. The Kier molecular flexibility index (Phi) is 4.21. The summed E-state index contributed by atoms with van der Waals surface area (Å²) in [7, 11) is 1.72. The molecular formula is C16H22N2O3. The summed E-state index contributed by atoms with van der Waals surface area (Å²) in [5.41, 5.74) is 1.47. The fourth-order valence-corrected chi connectivity index (χ4v) is 2.22. The molecule has 0 aliphatic carbocycles. The van der Waals surface area contributed by atoms with Gasteiger partial charge in [0.25, 0.3) is 0 Å². The fraction of sp³-hybridized carbons (Fsp3) is 0.500. The number of nitrogens with zero attached hydrogens (tertiary/aromatic N) is 2. The second-order valence-corrected chi connectivity index (χ2v) is 6.29. The molecule has 0 radical (unpaired) electrons. The molecule has 0 fully saturated rings. The molecule has 1 aromatic heterocycles. The predicted octanol–water partition coefficient (Wildman–Crippen LogP) is 2.41. The van der Waals surface area contributed by atoms with Crippen molar-refractivity contribution in [1.29, 1.82) is 0 Å². The van der Waals surface area contributed by atoms with Crippen molar-refractivity contribution < 1.29 is 9.53 Å². The lowest BCUT2D eigenvalue weighted by atomic mass is 10.0. The van der Waals surface area contributed by atoms with Gasteiger partial charge in [0, 0.05) is 32.4 Å². The van der Waals surface area contributed by atoms with Crippen molar-refractivity contribution in [3.05, 3.63) is 40.3 Å². The summed E-state index contributed by atoms with van der Waals surface area (Å²) in [5.74, 6) is 0. The number of hydrogen-bond acceptors (Lipinski definition) is 3. The molecule has 0 bridgehead atoms. The van der Waals surface area contributed by atoms with Crippen LogP contribution in [0.15, 0.2) is 29.2 Å². The highest BCUT2D eigenvalue weighted by Crippen LogP contribution is 2.21. The molecule has 0 N–H and O–H groups in total. The minimum absolute atomic E-state index is 0.0424. The maximum atomic E-state index is 12.1. The lowest BCUT2D eigenvalue weighted by molar-refractivity contribution is 0.0273. The zero-order valence-corrected chi connectivity index (χ0v) is 13.0. The number of pyridine rings is 1. The summed E-state index contributed by atoms with van der Waals surface area (Å²) in [6.45, 7) is 6.74. The molecule has 2 rings (SSSR count). The SMILES string of the molecule is Cn1cc(C2=CCCN(C(=O)OC(C)(C)C)C2)ccc1=O. The van der Waals surface area contributed by atoms with Crippen molar-refractivity contribution in [3.8, 4) is 0 Å². The van der Waals surface area contributed by atoms with Crippen molar-refractivity contribution in [1.82, 2.24) is 9.47 Å². The fourth-order valence-electron chi connectivity index (χ4n) is 2.22. The zero-order valence-electron chi connectivity index (χ0n) is 13.0. The van der Waals surface area contributed by atoms with Crippen LogP contribution in [0.5, 0.6) is 0 Å². The summed E-state index contributed by atoms with van der Waals surface area (Å²) in [6.07, 6.45) is 4.41. The largest absolute Gasteiger partial charge is 0.444 e.